The molecule has 2 aliphatic rings. The predicted octanol–water partition coefficient (Wildman–Crippen LogP) is 6.69. The molecule has 0 spiro atoms. The molecule has 1 aromatic heterocycles. The molecule has 184 valence electrons. The van der Waals surface area contributed by atoms with E-state index in [9.17, 15) is 4.79 Å². The van der Waals surface area contributed by atoms with Crippen molar-refractivity contribution in [3.05, 3.63) is 53.6 Å². The summed E-state index contributed by atoms with van der Waals surface area (Å²) in [4.78, 5) is 13.0. The summed E-state index contributed by atoms with van der Waals surface area (Å²) in [6.07, 6.45) is 15.9. The number of nitrogens with zero attached hydrogens (tertiary/aromatic N) is 3. The lowest BCUT2D eigenvalue weighted by Crippen LogP contribution is -2.15. The van der Waals surface area contributed by atoms with Gasteiger partial charge in [0.25, 0.3) is 0 Å². The van der Waals surface area contributed by atoms with Gasteiger partial charge in [-0.1, -0.05) is 50.3 Å². The second kappa shape index (κ2) is 11.8. The number of ether oxygens (including phenoxy) is 1. The van der Waals surface area contributed by atoms with Crippen LogP contribution >= 0.6 is 0 Å². The first kappa shape index (κ1) is 24.7. The minimum absolute atomic E-state index is 0.0569. The zero-order chi connectivity index (χ0) is 23.9. The van der Waals surface area contributed by atoms with Crippen molar-refractivity contribution in [1.29, 1.82) is 0 Å². The van der Waals surface area contributed by atoms with E-state index in [1.165, 1.54) is 51.4 Å². The first-order valence-electron chi connectivity index (χ1n) is 13.3. The van der Waals surface area contributed by atoms with E-state index in [2.05, 4.69) is 40.4 Å². The van der Waals surface area contributed by atoms with Crippen LogP contribution in [0.25, 0.3) is 0 Å². The topological polar surface area (TPSA) is 57.0 Å². The maximum atomic E-state index is 13.0. The molecule has 34 heavy (non-hydrogen) atoms. The molecule has 1 aromatic carbocycles. The van der Waals surface area contributed by atoms with E-state index in [0.29, 0.717) is 25.3 Å². The molecule has 0 aliphatic heterocycles. The fraction of sp³-hybridized carbons (Fsp3) is 0.621. The molecule has 0 saturated heterocycles. The Morgan fingerprint density at radius 3 is 2.68 bits per heavy atom. The monoisotopic (exact) mass is 463 g/mol. The molecule has 5 nitrogen and oxygen atoms in total. The van der Waals surface area contributed by atoms with Crippen LogP contribution in [-0.2, 0) is 17.6 Å². The molecule has 2 fully saturated rings. The summed E-state index contributed by atoms with van der Waals surface area (Å²) in [7, 11) is 1.69. The fourth-order valence-electron chi connectivity index (χ4n) is 5.52. The highest BCUT2D eigenvalue weighted by Crippen LogP contribution is 2.40. The number of allylic oxidation sites excluding steroid dienone is 1. The molecular formula is C29H41N3O2. The Kier molecular flexibility index (Phi) is 8.58. The molecule has 1 atom stereocenters. The van der Waals surface area contributed by atoms with Crippen molar-refractivity contribution < 1.29 is 9.53 Å². The zero-order valence-electron chi connectivity index (χ0n) is 21.1. The van der Waals surface area contributed by atoms with Crippen LogP contribution in [0, 0.1) is 12.8 Å². The van der Waals surface area contributed by atoms with Crippen LogP contribution in [0.5, 0.6) is 5.75 Å². The van der Waals surface area contributed by atoms with Gasteiger partial charge in [-0.3, -0.25) is 4.79 Å². The summed E-state index contributed by atoms with van der Waals surface area (Å²) in [6, 6.07) is 6.71. The van der Waals surface area contributed by atoms with Crippen molar-refractivity contribution in [2.45, 2.75) is 102 Å². The molecule has 0 amide bonds. The molecule has 0 radical (unpaired) electrons. The Morgan fingerprint density at radius 2 is 1.97 bits per heavy atom. The largest absolute Gasteiger partial charge is 0.496 e. The highest BCUT2D eigenvalue weighted by Gasteiger charge is 2.32. The Bertz CT molecular complexity index is 970. The Morgan fingerprint density at radius 1 is 1.18 bits per heavy atom. The minimum atomic E-state index is 0.0569. The second-order valence-electron chi connectivity index (χ2n) is 10.4. The number of hydrogen-bond acceptors (Lipinski definition) is 4. The number of benzene rings is 1. The van der Waals surface area contributed by atoms with Gasteiger partial charge < -0.3 is 9.30 Å². The lowest BCUT2D eigenvalue weighted by atomic mass is 9.86. The second-order valence-corrected chi connectivity index (χ2v) is 10.4. The van der Waals surface area contributed by atoms with E-state index in [-0.39, 0.29) is 11.7 Å². The van der Waals surface area contributed by atoms with Crippen LogP contribution < -0.4 is 4.74 Å². The number of rotatable bonds is 13. The number of hydrogen-bond donors (Lipinski definition) is 0. The maximum absolute atomic E-state index is 13.0. The Labute approximate surface area is 205 Å². The lowest BCUT2D eigenvalue weighted by Gasteiger charge is -2.21. The average Bonchev–Trinajstić information content (AvgIpc) is 3.60. The number of carbonyl (C=O) groups excluding carboxylic acids is 1. The third-order valence-electron chi connectivity index (χ3n) is 7.61. The normalized spacial score (nSPS) is 17.5. The lowest BCUT2D eigenvalue weighted by molar-refractivity contribution is -0.119. The van der Waals surface area contributed by atoms with Gasteiger partial charge in [0.2, 0.25) is 0 Å². The first-order chi connectivity index (χ1) is 16.6. The van der Waals surface area contributed by atoms with E-state index >= 15 is 0 Å². The van der Waals surface area contributed by atoms with Gasteiger partial charge in [-0.15, -0.1) is 16.8 Å². The minimum Gasteiger partial charge on any atom is -0.496 e. The number of ketones is 1. The summed E-state index contributed by atoms with van der Waals surface area (Å²) < 4.78 is 7.92. The van der Waals surface area contributed by atoms with Crippen molar-refractivity contribution in [3.8, 4) is 5.75 Å². The summed E-state index contributed by atoms with van der Waals surface area (Å²) in [5, 5.41) is 9.31. The van der Waals surface area contributed by atoms with Crippen molar-refractivity contribution in [2.75, 3.05) is 7.11 Å². The van der Waals surface area contributed by atoms with Crippen LogP contribution in [-0.4, -0.2) is 27.7 Å². The van der Waals surface area contributed by atoms with Crippen molar-refractivity contribution >= 4 is 5.78 Å². The van der Waals surface area contributed by atoms with E-state index in [0.717, 1.165) is 47.3 Å². The molecule has 1 unspecified atom stereocenters. The van der Waals surface area contributed by atoms with Gasteiger partial charge in [0.1, 0.15) is 23.2 Å². The molecule has 2 saturated carbocycles. The fourth-order valence-corrected chi connectivity index (χ4v) is 5.52. The van der Waals surface area contributed by atoms with Crippen LogP contribution in [0.2, 0.25) is 0 Å². The number of carbonyl (C=O) groups is 1. The zero-order valence-corrected chi connectivity index (χ0v) is 21.1. The number of aryl methyl sites for hydroxylation is 3. The SMILES string of the molecule is C=CCC(CC(=O)CCc1ccc(C)cc1OC)c1nnc(CCC2CCCCC2)n1C1CC1. The van der Waals surface area contributed by atoms with Gasteiger partial charge in [-0.25, -0.2) is 0 Å². The molecule has 4 rings (SSSR count). The van der Waals surface area contributed by atoms with Gasteiger partial charge in [0.15, 0.2) is 0 Å². The number of methoxy groups -OCH3 is 1. The van der Waals surface area contributed by atoms with Crippen LogP contribution in [0.4, 0.5) is 0 Å². The summed E-state index contributed by atoms with van der Waals surface area (Å²) in [6.45, 7) is 6.02. The highest BCUT2D eigenvalue weighted by atomic mass is 16.5. The molecule has 0 N–H and O–H groups in total. The molecular weight excluding hydrogens is 422 g/mol. The predicted molar refractivity (Wildman–Crippen MR) is 136 cm³/mol. The molecule has 2 aliphatic carbocycles. The third-order valence-corrected chi connectivity index (χ3v) is 7.61. The van der Waals surface area contributed by atoms with Crippen molar-refractivity contribution in [2.24, 2.45) is 5.92 Å². The summed E-state index contributed by atoms with van der Waals surface area (Å²) in [5.41, 5.74) is 2.25. The van der Waals surface area contributed by atoms with Crippen molar-refractivity contribution in [1.82, 2.24) is 14.8 Å². The quantitative estimate of drug-likeness (QED) is 0.310. The maximum Gasteiger partial charge on any atom is 0.137 e. The van der Waals surface area contributed by atoms with Crippen molar-refractivity contribution in [3.63, 3.8) is 0 Å². The van der Waals surface area contributed by atoms with E-state index < -0.39 is 0 Å². The molecule has 1 heterocycles. The molecule has 0 bridgehead atoms. The van der Waals surface area contributed by atoms with E-state index in [4.69, 9.17) is 4.74 Å². The number of aromatic nitrogens is 3. The van der Waals surface area contributed by atoms with Crippen LogP contribution in [0.15, 0.2) is 30.9 Å². The van der Waals surface area contributed by atoms with E-state index in [1.54, 1.807) is 7.11 Å². The standard InChI is InChI=1S/C29H41N3O2/c1-4-8-24(20-26(33)17-14-23-13-11-21(2)19-27(23)34-3)29-31-30-28(32(29)25-15-16-25)18-12-22-9-6-5-7-10-22/h4,11,13,19,22,24-25H,1,5-10,12,14-18,20H2,2-3H3. The van der Waals surface area contributed by atoms with Crippen LogP contribution in [0.1, 0.15) is 105 Å². The van der Waals surface area contributed by atoms with Gasteiger partial charge in [-0.2, -0.15) is 0 Å². The van der Waals surface area contributed by atoms with Gasteiger partial charge in [0.05, 0.1) is 7.11 Å². The molecule has 5 heteroatoms. The number of Topliss-reactive ketones (excluding diaryl/α,β-unsaturated/α-hetero) is 1. The average molecular weight is 464 g/mol. The first-order valence-corrected chi connectivity index (χ1v) is 13.3. The Balaban J connectivity index is 1.41. The van der Waals surface area contributed by atoms with Gasteiger partial charge >= 0.3 is 0 Å². The smallest absolute Gasteiger partial charge is 0.137 e. The van der Waals surface area contributed by atoms with Gasteiger partial charge in [0, 0.05) is 31.2 Å². The van der Waals surface area contributed by atoms with Crippen LogP contribution in [0.3, 0.4) is 0 Å². The van der Waals surface area contributed by atoms with E-state index in [1.807, 2.05) is 12.1 Å². The van der Waals surface area contributed by atoms with Gasteiger partial charge in [-0.05, 0) is 62.1 Å². The summed E-state index contributed by atoms with van der Waals surface area (Å²) in [5.74, 6) is 4.17. The highest BCUT2D eigenvalue weighted by molar-refractivity contribution is 5.79. The third kappa shape index (κ3) is 6.37. The molecule has 2 aromatic rings. The summed E-state index contributed by atoms with van der Waals surface area (Å²) >= 11 is 0. The Hall–Kier alpha value is -2.43.